The van der Waals surface area contributed by atoms with E-state index in [0.717, 1.165) is 41.5 Å². The molecule has 0 atom stereocenters. The fourth-order valence-electron chi connectivity index (χ4n) is 2.90. The number of para-hydroxylation sites is 1. The fourth-order valence-corrected chi connectivity index (χ4v) is 4.62. The lowest BCUT2D eigenvalue weighted by molar-refractivity contribution is -0.111. The van der Waals surface area contributed by atoms with Crippen LogP contribution in [0.3, 0.4) is 0 Å². The summed E-state index contributed by atoms with van der Waals surface area (Å²) in [7, 11) is 2.35. The molecule has 0 fully saturated rings. The Hall–Kier alpha value is -1.97. The number of nitrogens with one attached hydrogen (secondary N) is 2. The summed E-state index contributed by atoms with van der Waals surface area (Å²) in [5.41, 5.74) is 3.94. The van der Waals surface area contributed by atoms with Crippen LogP contribution in [-0.2, 0) is 18.1 Å². The number of anilines is 2. The van der Waals surface area contributed by atoms with Gasteiger partial charge < -0.3 is 23.9 Å². The van der Waals surface area contributed by atoms with Gasteiger partial charge in [-0.1, -0.05) is 36.9 Å². The molecule has 0 aliphatic heterocycles. The molecule has 1 amide bonds. The van der Waals surface area contributed by atoms with E-state index < -0.39 is 8.80 Å². The van der Waals surface area contributed by atoms with Gasteiger partial charge in [-0.25, -0.2) is 0 Å². The molecule has 2 N–H and O–H groups in total. The molecule has 2 aromatic carbocycles. The quantitative estimate of drug-likeness (QED) is 0.276. The second kappa shape index (κ2) is 12.6. The first-order valence-electron chi connectivity index (χ1n) is 9.09. The molecule has 0 unspecified atom stereocenters. The average Bonchev–Trinajstić information content (AvgIpc) is 2.75. The van der Waals surface area contributed by atoms with Gasteiger partial charge in [-0.2, -0.15) is 0 Å². The molecule has 2 rings (SSSR count). The Labute approximate surface area is 184 Å². The summed E-state index contributed by atoms with van der Waals surface area (Å²) in [5, 5.41) is 6.24. The first-order valence-corrected chi connectivity index (χ1v) is 11.0. The summed E-state index contributed by atoms with van der Waals surface area (Å²) >= 11 is 0. The molecule has 0 aliphatic rings. The van der Waals surface area contributed by atoms with Crippen molar-refractivity contribution in [1.82, 2.24) is 0 Å². The monoisotopic (exact) mass is 480 g/mol. The van der Waals surface area contributed by atoms with E-state index in [-0.39, 0.29) is 22.9 Å². The average molecular weight is 481 g/mol. The number of hydrogen-bond donors (Lipinski definition) is 2. The summed E-state index contributed by atoms with van der Waals surface area (Å²) in [6, 6.07) is 16.6. The van der Waals surface area contributed by atoms with Crippen LogP contribution in [0.25, 0.3) is 11.1 Å². The lowest BCUT2D eigenvalue weighted by Gasteiger charge is -2.24. The Balaban J connectivity index is 0.00000420. The van der Waals surface area contributed by atoms with Crippen molar-refractivity contribution in [2.24, 2.45) is 0 Å². The molecule has 29 heavy (non-hydrogen) atoms. The van der Waals surface area contributed by atoms with Gasteiger partial charge in [-0.15, -0.1) is 17.0 Å². The van der Waals surface area contributed by atoms with Crippen LogP contribution in [0, 0.1) is 0 Å². The van der Waals surface area contributed by atoms with E-state index in [1.165, 1.54) is 6.08 Å². The first-order chi connectivity index (χ1) is 13.6. The van der Waals surface area contributed by atoms with Gasteiger partial charge in [0.15, 0.2) is 0 Å². The van der Waals surface area contributed by atoms with Gasteiger partial charge in [-0.3, -0.25) is 4.79 Å². The van der Waals surface area contributed by atoms with E-state index in [0.29, 0.717) is 0 Å². The van der Waals surface area contributed by atoms with E-state index in [4.69, 9.17) is 13.3 Å². The molecule has 0 spiro atoms. The van der Waals surface area contributed by atoms with Crippen molar-refractivity contribution in [2.45, 2.75) is 12.5 Å². The lowest BCUT2D eigenvalue weighted by atomic mass is 10.0. The second-order valence-electron chi connectivity index (χ2n) is 6.14. The van der Waals surface area contributed by atoms with Crippen LogP contribution in [-0.4, -0.2) is 42.6 Å². The van der Waals surface area contributed by atoms with E-state index >= 15 is 0 Å². The third-order valence-electron chi connectivity index (χ3n) is 4.48. The Kier molecular flexibility index (Phi) is 10.9. The first kappa shape index (κ1) is 25.1. The van der Waals surface area contributed by atoms with Gasteiger partial charge in [0.2, 0.25) is 5.91 Å². The Morgan fingerprint density at radius 1 is 1.03 bits per heavy atom. The highest BCUT2D eigenvalue weighted by atomic mass is 79.9. The molecular formula is C21H29BrN2O4Si. The van der Waals surface area contributed by atoms with Crippen LogP contribution in [0.2, 0.25) is 6.04 Å². The topological polar surface area (TPSA) is 68.8 Å². The fraction of sp³-hybridized carbons (Fsp3) is 0.286. The Morgan fingerprint density at radius 3 is 2.24 bits per heavy atom. The maximum Gasteiger partial charge on any atom is 0.500 e. The van der Waals surface area contributed by atoms with Crippen molar-refractivity contribution < 1.29 is 18.1 Å². The van der Waals surface area contributed by atoms with E-state index in [1.807, 2.05) is 36.4 Å². The smallest absolute Gasteiger partial charge is 0.385 e. The zero-order chi connectivity index (χ0) is 20.4. The van der Waals surface area contributed by atoms with Crippen molar-refractivity contribution >= 4 is 43.1 Å². The molecule has 2 aromatic rings. The normalized spacial score (nSPS) is 10.7. The SMILES string of the molecule is Br.C=CC(=O)Nc1ccc(-c2ccccc2NCCC[Si](OC)(OC)OC)cc1. The Morgan fingerprint density at radius 2 is 1.66 bits per heavy atom. The molecule has 0 aliphatic carbocycles. The third-order valence-corrected chi connectivity index (χ3v) is 7.32. The zero-order valence-corrected chi connectivity index (χ0v) is 19.8. The highest BCUT2D eigenvalue weighted by Gasteiger charge is 2.36. The zero-order valence-electron chi connectivity index (χ0n) is 17.1. The summed E-state index contributed by atoms with van der Waals surface area (Å²) in [4.78, 5) is 11.4. The number of amides is 1. The van der Waals surface area contributed by atoms with Crippen molar-refractivity contribution in [3.05, 3.63) is 61.2 Å². The molecule has 0 aromatic heterocycles. The van der Waals surface area contributed by atoms with E-state index in [1.54, 1.807) is 21.3 Å². The maximum absolute atomic E-state index is 11.4. The number of carbonyl (C=O) groups is 1. The largest absolute Gasteiger partial charge is 0.500 e. The van der Waals surface area contributed by atoms with Gasteiger partial charge in [-0.05, 0) is 36.3 Å². The summed E-state index contributed by atoms with van der Waals surface area (Å²) in [5.74, 6) is -0.224. The van der Waals surface area contributed by atoms with Gasteiger partial charge >= 0.3 is 8.80 Å². The minimum absolute atomic E-state index is 0. The molecule has 6 nitrogen and oxygen atoms in total. The molecule has 0 saturated carbocycles. The van der Waals surface area contributed by atoms with Crippen LogP contribution in [0.15, 0.2) is 61.2 Å². The molecule has 0 radical (unpaired) electrons. The van der Waals surface area contributed by atoms with Crippen LogP contribution in [0.5, 0.6) is 0 Å². The van der Waals surface area contributed by atoms with Gasteiger partial charge in [0.05, 0.1) is 0 Å². The molecule has 8 heteroatoms. The third kappa shape index (κ3) is 7.09. The van der Waals surface area contributed by atoms with Gasteiger partial charge in [0.25, 0.3) is 0 Å². The van der Waals surface area contributed by atoms with Crippen LogP contribution < -0.4 is 10.6 Å². The minimum atomic E-state index is -2.54. The van der Waals surface area contributed by atoms with Crippen LogP contribution >= 0.6 is 17.0 Å². The minimum Gasteiger partial charge on any atom is -0.385 e. The molecule has 158 valence electrons. The number of rotatable bonds is 11. The summed E-state index contributed by atoms with van der Waals surface area (Å²) in [6.07, 6.45) is 2.12. The van der Waals surface area contributed by atoms with Crippen LogP contribution in [0.1, 0.15) is 6.42 Å². The van der Waals surface area contributed by atoms with Gasteiger partial charge in [0, 0.05) is 50.9 Å². The summed E-state index contributed by atoms with van der Waals surface area (Å²) in [6.45, 7) is 4.23. The maximum atomic E-state index is 11.4. The van der Waals surface area contributed by atoms with E-state index in [2.05, 4.69) is 29.3 Å². The Bertz CT molecular complexity index is 774. The number of halogens is 1. The van der Waals surface area contributed by atoms with Gasteiger partial charge in [0.1, 0.15) is 0 Å². The van der Waals surface area contributed by atoms with Crippen molar-refractivity contribution in [3.63, 3.8) is 0 Å². The van der Waals surface area contributed by atoms with Crippen molar-refractivity contribution in [1.29, 1.82) is 0 Å². The van der Waals surface area contributed by atoms with E-state index in [9.17, 15) is 4.79 Å². The molecule has 0 heterocycles. The standard InChI is InChI=1S/C21H28N2O4Si.BrH/c1-5-21(24)23-18-13-11-17(12-14-18)19-9-6-7-10-20(19)22-15-8-16-28(25-2,26-3)27-4;/h5-7,9-14,22H,1,8,15-16H2,2-4H3,(H,23,24);1H. The highest BCUT2D eigenvalue weighted by Crippen LogP contribution is 2.29. The van der Waals surface area contributed by atoms with Crippen molar-refractivity contribution in [2.75, 3.05) is 38.5 Å². The van der Waals surface area contributed by atoms with Crippen LogP contribution in [0.4, 0.5) is 11.4 Å². The predicted octanol–water partition coefficient (Wildman–Crippen LogP) is 4.74. The van der Waals surface area contributed by atoms with Crippen molar-refractivity contribution in [3.8, 4) is 11.1 Å². The number of benzene rings is 2. The summed E-state index contributed by atoms with van der Waals surface area (Å²) < 4.78 is 16.4. The molecule has 0 saturated heterocycles. The number of carbonyl (C=O) groups excluding carboxylic acids is 1. The highest BCUT2D eigenvalue weighted by molar-refractivity contribution is 8.93. The lowest BCUT2D eigenvalue weighted by Crippen LogP contribution is -2.42. The number of hydrogen-bond acceptors (Lipinski definition) is 5. The second-order valence-corrected chi connectivity index (χ2v) is 9.23. The predicted molar refractivity (Wildman–Crippen MR) is 126 cm³/mol. The molecular weight excluding hydrogens is 452 g/mol. The molecule has 0 bridgehead atoms.